The minimum absolute atomic E-state index is 0. The number of hydrogen-bond donors (Lipinski definition) is 2. The van der Waals surface area contributed by atoms with Gasteiger partial charge in [-0.05, 0) is 0 Å². The number of hydrogen-bond acceptors (Lipinski definition) is 1. The van der Waals surface area contributed by atoms with Gasteiger partial charge in [0.15, 0.2) is 0 Å². The third-order valence-electron chi connectivity index (χ3n) is 0. The monoisotopic (exact) mass is 342 g/mol. The van der Waals surface area contributed by atoms with Gasteiger partial charge in [-0.15, -0.1) is 0 Å². The summed E-state index contributed by atoms with van der Waals surface area (Å²) < 4.78 is 0. The molecule has 38 valence electrons. The Labute approximate surface area is 375 Å². The molecule has 0 amide bonds. The zero-order chi connectivity index (χ0) is 3.58. The first-order valence-electron chi connectivity index (χ1n) is 0.651. The van der Waals surface area contributed by atoms with Crippen LogP contribution in [0.15, 0.2) is 0 Å². The molecule has 0 aromatic carbocycles. The van der Waals surface area contributed by atoms with E-state index in [0.29, 0.717) is 0 Å². The van der Waals surface area contributed by atoms with Crippen LogP contribution < -0.4 is 360 Å². The van der Waals surface area contributed by atoms with Gasteiger partial charge in [-0.1, -0.05) is 0 Å². The predicted molar refractivity (Wildman–Crippen MR) is 18.4 cm³/mol. The van der Waals surface area contributed by atoms with Gasteiger partial charge in [-0.25, -0.2) is 4.79 Å². The van der Waals surface area contributed by atoms with Crippen molar-refractivity contribution in [3.05, 3.63) is 0 Å². The van der Waals surface area contributed by atoms with E-state index in [9.17, 15) is 0 Å². The Morgan fingerprint density at radius 1 is 0.727 bits per heavy atom. The van der Waals surface area contributed by atoms with Gasteiger partial charge < -0.3 is 20.2 Å². The Hall–Kier alpha value is 10.7. The quantitative estimate of drug-likeness (QED) is 0.430. The largest absolute Gasteiger partial charge is 1.00 e. The van der Waals surface area contributed by atoms with Gasteiger partial charge in [0.1, 0.15) is 0 Å². The molecule has 0 radical (unpaired) electrons. The van der Waals surface area contributed by atoms with Gasteiger partial charge in [-0.2, -0.15) is 0 Å². The van der Waals surface area contributed by atoms with Crippen LogP contribution in [0.4, 0.5) is 4.79 Å². The van der Waals surface area contributed by atoms with Crippen LogP contribution in [0.25, 0.3) is 0 Å². The van der Waals surface area contributed by atoms with Crippen LogP contribution in [-0.2, 0) is 0 Å². The summed E-state index contributed by atoms with van der Waals surface area (Å²) in [5, 5.41) is 13.9. The molecule has 0 atom stereocenters. The summed E-state index contributed by atoms with van der Waals surface area (Å²) in [6.45, 7) is 0. The fourth-order valence-corrected chi connectivity index (χ4v) is 0. The first-order chi connectivity index (χ1) is 1.73. The van der Waals surface area contributed by atoms with E-state index in [1.807, 2.05) is 0 Å². The molecule has 0 aliphatic rings. The minimum atomic E-state index is -1.83. The van der Waals surface area contributed by atoms with Crippen LogP contribution in [0.3, 0.4) is 0 Å². The molecule has 0 unspecified atom stereocenters. The van der Waals surface area contributed by atoms with E-state index in [1.165, 1.54) is 0 Å². The molecule has 0 aromatic rings. The maximum Gasteiger partial charge on any atom is 1.00 e. The fraction of sp³-hybridized carbons (Fsp3) is 0. The average Bonchev–Trinajstić information content (AvgIpc) is 0.811. The van der Waals surface area contributed by atoms with E-state index >= 15 is 0 Å². The first kappa shape index (κ1) is 49.5. The number of carboxylic acid groups (broad SMARTS) is 2. The van der Waals surface area contributed by atoms with E-state index in [1.54, 1.807) is 0 Å². The van der Waals surface area contributed by atoms with Crippen molar-refractivity contribution in [2.45, 2.75) is 0 Å². The van der Waals surface area contributed by atoms with E-state index in [2.05, 4.69) is 0 Å². The third kappa shape index (κ3) is 63.2. The molecular weight excluding hydrogens is 334 g/mol. The Bertz CT molecular complexity index is 54.0. The number of rotatable bonds is 0. The summed E-state index contributed by atoms with van der Waals surface area (Å²) in [5.41, 5.74) is 0. The van der Waals surface area contributed by atoms with Crippen molar-refractivity contribution in [2.24, 2.45) is 0 Å². The average molecular weight is 343 g/mol. The molecule has 2 N–H and O–H groups in total. The van der Waals surface area contributed by atoms with Crippen molar-refractivity contribution < 1.29 is 385 Å². The zero-order valence-electron chi connectivity index (χ0n) is 15.8. The van der Waals surface area contributed by atoms with Crippen LogP contribution in [0.5, 0.6) is 0 Å². The van der Waals surface area contributed by atoms with Gasteiger partial charge in [0.2, 0.25) is 0 Å². The Morgan fingerprint density at radius 2 is 0.727 bits per heavy atom. The second kappa shape index (κ2) is 42.8. The Kier molecular flexibility index (Phi) is 193. The van der Waals surface area contributed by atoms with Crippen molar-refractivity contribution in [2.75, 3.05) is 0 Å². The molecule has 0 rings (SSSR count). The van der Waals surface area contributed by atoms with Crippen LogP contribution >= 0.6 is 0 Å². The van der Waals surface area contributed by atoms with Gasteiger partial charge >= 0.3 is 366 Å². The zero-order valence-corrected chi connectivity index (χ0v) is 30.7. The third-order valence-corrected chi connectivity index (χ3v) is 0. The first-order valence-corrected chi connectivity index (χ1v) is 0.651. The van der Waals surface area contributed by atoms with E-state index < -0.39 is 6.16 Å². The van der Waals surface area contributed by atoms with Crippen molar-refractivity contribution in [1.82, 2.24) is 0 Å². The van der Waals surface area contributed by atoms with Gasteiger partial charge in [-0.3, -0.25) is 0 Å². The Morgan fingerprint density at radius 3 is 0.727 bits per heavy atom. The van der Waals surface area contributed by atoms with Gasteiger partial charge in [0, 0.05) is 0 Å². The van der Waals surface area contributed by atoms with Crippen LogP contribution in [-0.4, -0.2) is 16.4 Å². The molecule has 0 saturated carbocycles. The van der Waals surface area contributed by atoms with Gasteiger partial charge in [0.05, 0.1) is 0 Å². The molecule has 0 aliphatic carbocycles. The molecule has 3 nitrogen and oxygen atoms in total. The van der Waals surface area contributed by atoms with Crippen LogP contribution in [0, 0.1) is 0 Å². The molecule has 0 heterocycles. The summed E-state index contributed by atoms with van der Waals surface area (Å²) in [7, 11) is 0. The molecular formula is CH9K7O3. The topological polar surface area (TPSA) is 57.5 Å². The fourth-order valence-electron chi connectivity index (χ4n) is 0. The van der Waals surface area contributed by atoms with E-state index in [-0.39, 0.29) is 370 Å². The summed E-state index contributed by atoms with van der Waals surface area (Å²) in [6, 6.07) is 0. The molecule has 0 spiro atoms. The number of carbonyl (C=O) groups is 1. The summed E-state index contributed by atoms with van der Waals surface area (Å²) in [6.07, 6.45) is -1.83. The SMILES string of the molecule is O=C(O)O.[H-].[H-].[H-].[H-].[H-].[H-].[H-].[K+].[K+].[K+].[K+].[K+].[K+].[K+]. The van der Waals surface area contributed by atoms with Crippen molar-refractivity contribution >= 4 is 6.16 Å². The molecule has 0 fully saturated rings. The Balaban J connectivity index is -0.000000000495. The molecule has 11 heavy (non-hydrogen) atoms. The second-order valence-corrected chi connectivity index (χ2v) is 0.283. The molecule has 0 aliphatic heterocycles. The second-order valence-electron chi connectivity index (χ2n) is 0.283. The van der Waals surface area contributed by atoms with Crippen molar-refractivity contribution in [3.63, 3.8) is 0 Å². The van der Waals surface area contributed by atoms with E-state index in [4.69, 9.17) is 15.0 Å². The molecule has 0 bridgehead atoms. The normalized spacial score (nSPS) is 2.18. The predicted octanol–water partition coefficient (Wildman–Crippen LogP) is -20.0. The van der Waals surface area contributed by atoms with Crippen LogP contribution in [0.2, 0.25) is 0 Å². The molecule has 0 aromatic heterocycles. The molecule has 10 heteroatoms. The minimum Gasteiger partial charge on any atom is -1.00 e. The van der Waals surface area contributed by atoms with Crippen molar-refractivity contribution in [1.29, 1.82) is 0 Å². The molecule has 0 saturated heterocycles. The van der Waals surface area contributed by atoms with E-state index in [0.717, 1.165) is 0 Å². The smallest absolute Gasteiger partial charge is 1.00 e. The van der Waals surface area contributed by atoms with Crippen LogP contribution in [0.1, 0.15) is 9.99 Å². The summed E-state index contributed by atoms with van der Waals surface area (Å²) in [4.78, 5) is 8.56. The van der Waals surface area contributed by atoms with Gasteiger partial charge in [0.25, 0.3) is 0 Å². The summed E-state index contributed by atoms with van der Waals surface area (Å²) in [5.74, 6) is 0. The van der Waals surface area contributed by atoms with Crippen molar-refractivity contribution in [3.8, 4) is 0 Å². The maximum absolute atomic E-state index is 8.56. The summed E-state index contributed by atoms with van der Waals surface area (Å²) >= 11 is 0. The standard InChI is InChI=1S/CH2O3.7K.7H/c2-1(3)4;;;;;;;;;;;;;;/h(H2,2,3,4);;;;;;;;;;;;;;/q;7*+1;7*-1. The maximum atomic E-state index is 8.56.